The summed E-state index contributed by atoms with van der Waals surface area (Å²) < 4.78 is 27.0. The highest BCUT2D eigenvalue weighted by Gasteiger charge is 2.17. The van der Waals surface area contributed by atoms with Gasteiger partial charge in [0, 0.05) is 5.56 Å². The van der Waals surface area contributed by atoms with Crippen molar-refractivity contribution in [3.05, 3.63) is 40.3 Å². The van der Waals surface area contributed by atoms with Gasteiger partial charge in [0.15, 0.2) is 4.73 Å². The van der Waals surface area contributed by atoms with Gasteiger partial charge in [-0.15, -0.1) is 0 Å². The van der Waals surface area contributed by atoms with Crippen LogP contribution in [0.25, 0.3) is 11.3 Å². The van der Waals surface area contributed by atoms with Crippen molar-refractivity contribution in [3.8, 4) is 11.3 Å². The summed E-state index contributed by atoms with van der Waals surface area (Å²) in [5, 5.41) is 8.74. The Kier molecular flexibility index (Phi) is 3.42. The molecule has 0 fully saturated rings. The lowest BCUT2D eigenvalue weighted by molar-refractivity contribution is -0.136. The molecular formula is C11H7BrF2N2O2. The third-order valence-electron chi connectivity index (χ3n) is 2.26. The van der Waals surface area contributed by atoms with Crippen molar-refractivity contribution in [2.45, 2.75) is 6.42 Å². The van der Waals surface area contributed by atoms with Crippen LogP contribution in [0.3, 0.4) is 0 Å². The number of carboxylic acid groups (broad SMARTS) is 1. The number of aliphatic carboxylic acids is 1. The average Bonchev–Trinajstić information content (AvgIpc) is 2.62. The number of carbonyl (C=O) groups is 1. The summed E-state index contributed by atoms with van der Waals surface area (Å²) in [5.41, 5.74) is 0.216. The van der Waals surface area contributed by atoms with E-state index in [0.717, 1.165) is 18.2 Å². The van der Waals surface area contributed by atoms with Crippen molar-refractivity contribution < 1.29 is 18.7 Å². The van der Waals surface area contributed by atoms with Gasteiger partial charge in [0.25, 0.3) is 0 Å². The number of hydrogen-bond donors (Lipinski definition) is 2. The Morgan fingerprint density at radius 2 is 2.17 bits per heavy atom. The molecule has 0 spiro atoms. The highest BCUT2D eigenvalue weighted by molar-refractivity contribution is 9.10. The number of halogens is 3. The first-order valence-corrected chi connectivity index (χ1v) is 5.68. The minimum absolute atomic E-state index is 0.0757. The minimum Gasteiger partial charge on any atom is -0.481 e. The highest BCUT2D eigenvalue weighted by atomic mass is 79.9. The number of carboxylic acids is 1. The van der Waals surface area contributed by atoms with E-state index in [9.17, 15) is 13.6 Å². The Bertz CT molecular complexity index is 613. The van der Waals surface area contributed by atoms with E-state index in [0.29, 0.717) is 0 Å². The Hall–Kier alpha value is -1.76. The molecule has 0 saturated carbocycles. The number of nitrogens with zero attached hydrogens (tertiary/aromatic N) is 1. The third-order valence-corrected chi connectivity index (χ3v) is 2.64. The normalized spacial score (nSPS) is 10.6. The van der Waals surface area contributed by atoms with Crippen molar-refractivity contribution >= 4 is 21.9 Å². The van der Waals surface area contributed by atoms with Crippen molar-refractivity contribution in [1.82, 2.24) is 9.97 Å². The standard InChI is InChI=1S/C11H7BrF2N2O2/c12-11-15-8(4-9(17)18)10(16-11)6-3-5(13)1-2-7(6)14/h1-3H,4H2,(H,15,16)(H,17,18). The van der Waals surface area contributed by atoms with Gasteiger partial charge >= 0.3 is 5.97 Å². The smallest absolute Gasteiger partial charge is 0.309 e. The molecule has 0 atom stereocenters. The monoisotopic (exact) mass is 316 g/mol. The predicted molar refractivity (Wildman–Crippen MR) is 63.0 cm³/mol. The van der Waals surface area contributed by atoms with Crippen molar-refractivity contribution in [1.29, 1.82) is 0 Å². The van der Waals surface area contributed by atoms with Gasteiger partial charge in [0.1, 0.15) is 11.6 Å². The van der Waals surface area contributed by atoms with Crippen molar-refractivity contribution in [3.63, 3.8) is 0 Å². The number of imidazole rings is 1. The zero-order valence-electron chi connectivity index (χ0n) is 8.88. The maximum Gasteiger partial charge on any atom is 0.309 e. The molecule has 0 aliphatic rings. The number of aromatic amines is 1. The number of hydrogen-bond acceptors (Lipinski definition) is 2. The molecule has 2 aromatic rings. The zero-order chi connectivity index (χ0) is 13.3. The fourth-order valence-electron chi connectivity index (χ4n) is 1.56. The molecule has 0 radical (unpaired) electrons. The van der Waals surface area contributed by atoms with E-state index >= 15 is 0 Å². The fourth-order valence-corrected chi connectivity index (χ4v) is 1.97. The highest BCUT2D eigenvalue weighted by Crippen LogP contribution is 2.27. The van der Waals surface area contributed by atoms with E-state index in [4.69, 9.17) is 5.11 Å². The summed E-state index contributed by atoms with van der Waals surface area (Å²) in [6, 6.07) is 2.93. The van der Waals surface area contributed by atoms with Gasteiger partial charge in [-0.05, 0) is 34.1 Å². The van der Waals surface area contributed by atoms with E-state index in [1.54, 1.807) is 0 Å². The topological polar surface area (TPSA) is 66.0 Å². The summed E-state index contributed by atoms with van der Waals surface area (Å²) in [7, 11) is 0. The van der Waals surface area contributed by atoms with E-state index < -0.39 is 17.6 Å². The molecule has 0 unspecified atom stereocenters. The molecule has 0 amide bonds. The molecule has 0 bridgehead atoms. The SMILES string of the molecule is O=C(O)Cc1[nH]c(Br)nc1-c1cc(F)ccc1F. The Morgan fingerprint density at radius 3 is 2.83 bits per heavy atom. The van der Waals surface area contributed by atoms with Gasteiger partial charge in [0.2, 0.25) is 0 Å². The second kappa shape index (κ2) is 4.85. The molecule has 4 nitrogen and oxygen atoms in total. The van der Waals surface area contributed by atoms with E-state index in [2.05, 4.69) is 25.9 Å². The first kappa shape index (κ1) is 12.7. The van der Waals surface area contributed by atoms with Gasteiger partial charge in [-0.3, -0.25) is 4.79 Å². The number of rotatable bonds is 3. The summed E-state index contributed by atoms with van der Waals surface area (Å²) >= 11 is 3.04. The van der Waals surface area contributed by atoms with Crippen molar-refractivity contribution in [2.75, 3.05) is 0 Å². The molecule has 7 heteroatoms. The Balaban J connectivity index is 2.55. The van der Waals surface area contributed by atoms with E-state index in [-0.39, 0.29) is 28.1 Å². The Morgan fingerprint density at radius 1 is 1.44 bits per heavy atom. The van der Waals surface area contributed by atoms with Crippen LogP contribution in [0, 0.1) is 11.6 Å². The van der Waals surface area contributed by atoms with Crippen LogP contribution in [-0.4, -0.2) is 21.0 Å². The van der Waals surface area contributed by atoms with Crippen LogP contribution in [0.5, 0.6) is 0 Å². The predicted octanol–water partition coefficient (Wildman–Crippen LogP) is 2.74. The molecule has 0 aliphatic carbocycles. The number of H-pyrrole nitrogens is 1. The zero-order valence-corrected chi connectivity index (χ0v) is 10.5. The summed E-state index contributed by atoms with van der Waals surface area (Å²) in [6.45, 7) is 0. The molecule has 1 aromatic carbocycles. The molecule has 0 aliphatic heterocycles. The second-order valence-electron chi connectivity index (χ2n) is 3.55. The lowest BCUT2D eigenvalue weighted by Crippen LogP contribution is -2.02. The number of nitrogens with one attached hydrogen (secondary N) is 1. The first-order chi connectivity index (χ1) is 8.47. The van der Waals surface area contributed by atoms with Gasteiger partial charge in [-0.25, -0.2) is 13.8 Å². The minimum atomic E-state index is -1.09. The maximum atomic E-state index is 13.6. The van der Waals surface area contributed by atoms with Gasteiger partial charge in [-0.1, -0.05) is 0 Å². The molecule has 18 heavy (non-hydrogen) atoms. The first-order valence-electron chi connectivity index (χ1n) is 4.89. The summed E-state index contributed by atoms with van der Waals surface area (Å²) in [6.07, 6.45) is -0.357. The van der Waals surface area contributed by atoms with Crippen LogP contribution in [-0.2, 0) is 11.2 Å². The maximum absolute atomic E-state index is 13.6. The summed E-state index contributed by atoms with van der Waals surface area (Å²) in [5.74, 6) is -2.38. The van der Waals surface area contributed by atoms with Crippen LogP contribution in [0.2, 0.25) is 0 Å². The largest absolute Gasteiger partial charge is 0.481 e. The van der Waals surface area contributed by atoms with E-state index in [1.165, 1.54) is 0 Å². The van der Waals surface area contributed by atoms with Crippen LogP contribution < -0.4 is 0 Å². The number of benzene rings is 1. The number of aromatic nitrogens is 2. The van der Waals surface area contributed by atoms with E-state index in [1.807, 2.05) is 0 Å². The van der Waals surface area contributed by atoms with Gasteiger partial charge in [-0.2, -0.15) is 0 Å². The lowest BCUT2D eigenvalue weighted by atomic mass is 10.1. The molecule has 0 saturated heterocycles. The van der Waals surface area contributed by atoms with Gasteiger partial charge < -0.3 is 10.1 Å². The molecule has 1 heterocycles. The second-order valence-corrected chi connectivity index (χ2v) is 4.30. The molecule has 1 aromatic heterocycles. The van der Waals surface area contributed by atoms with Crippen LogP contribution in [0.1, 0.15) is 5.69 Å². The van der Waals surface area contributed by atoms with Crippen LogP contribution in [0.4, 0.5) is 8.78 Å². The fraction of sp³-hybridized carbons (Fsp3) is 0.0909. The van der Waals surface area contributed by atoms with Crippen LogP contribution >= 0.6 is 15.9 Å². The molecule has 94 valence electrons. The third kappa shape index (κ3) is 2.56. The quantitative estimate of drug-likeness (QED) is 0.915. The average molecular weight is 317 g/mol. The molecular weight excluding hydrogens is 310 g/mol. The van der Waals surface area contributed by atoms with Crippen LogP contribution in [0.15, 0.2) is 22.9 Å². The van der Waals surface area contributed by atoms with Gasteiger partial charge in [0.05, 0.1) is 17.8 Å². The lowest BCUT2D eigenvalue weighted by Gasteiger charge is -2.02. The Labute approximate surface area is 109 Å². The van der Waals surface area contributed by atoms with Crippen molar-refractivity contribution in [2.24, 2.45) is 0 Å². The summed E-state index contributed by atoms with van der Waals surface area (Å²) in [4.78, 5) is 17.3. The molecule has 2 N–H and O–H groups in total. The molecule has 2 rings (SSSR count).